The lowest BCUT2D eigenvalue weighted by Gasteiger charge is -2.16. The first-order chi connectivity index (χ1) is 13.8. The van der Waals surface area contributed by atoms with E-state index in [9.17, 15) is 9.90 Å². The van der Waals surface area contributed by atoms with Gasteiger partial charge in [-0.15, -0.1) is 0 Å². The zero-order valence-corrected chi connectivity index (χ0v) is 18.2. The number of amides is 1. The van der Waals surface area contributed by atoms with Crippen LogP contribution < -0.4 is 10.1 Å². The summed E-state index contributed by atoms with van der Waals surface area (Å²) >= 11 is 0. The van der Waals surface area contributed by atoms with Crippen molar-refractivity contribution in [3.8, 4) is 17.2 Å². The monoisotopic (exact) mass is 407 g/mol. The number of nitrogens with one attached hydrogen (secondary N) is 1. The molecule has 2 rings (SSSR count). The minimum absolute atomic E-state index is 0.0995. The third-order valence-corrected chi connectivity index (χ3v) is 3.62. The van der Waals surface area contributed by atoms with E-state index in [-0.39, 0.29) is 17.6 Å². The van der Waals surface area contributed by atoms with Crippen LogP contribution in [0.25, 0.3) is 0 Å². The number of aliphatic hydroxyl groups is 2. The van der Waals surface area contributed by atoms with Gasteiger partial charge in [-0.2, -0.15) is 0 Å². The number of carbonyl (C=O) groups is 2. The number of aromatic hydroxyl groups is 1. The van der Waals surface area contributed by atoms with Crippen LogP contribution in [-0.2, 0) is 9.59 Å². The van der Waals surface area contributed by atoms with Crippen molar-refractivity contribution in [3.63, 3.8) is 0 Å². The summed E-state index contributed by atoms with van der Waals surface area (Å²) < 4.78 is 6.02. The summed E-state index contributed by atoms with van der Waals surface area (Å²) in [7, 11) is 2.00. The van der Waals surface area contributed by atoms with E-state index < -0.39 is 0 Å². The summed E-state index contributed by atoms with van der Waals surface area (Å²) in [6.07, 6.45) is 0. The SMILES string of the molecule is C=O.CC(=O)Nc1cc(C)c(Oc2ccc(O)c(C(C)C)c2)c(C)c1.CO.CO. The van der Waals surface area contributed by atoms with Crippen LogP contribution in [0.3, 0.4) is 0 Å². The molecule has 0 spiro atoms. The van der Waals surface area contributed by atoms with Gasteiger partial charge in [0, 0.05) is 32.4 Å². The molecule has 2 aromatic rings. The smallest absolute Gasteiger partial charge is 0.221 e. The lowest BCUT2D eigenvalue weighted by atomic mass is 10.0. The first kappa shape index (κ1) is 28.3. The molecule has 0 aliphatic carbocycles. The van der Waals surface area contributed by atoms with Crippen LogP contribution in [0.5, 0.6) is 17.2 Å². The predicted molar refractivity (Wildman–Crippen MR) is 116 cm³/mol. The maximum atomic E-state index is 11.2. The molecule has 29 heavy (non-hydrogen) atoms. The summed E-state index contributed by atoms with van der Waals surface area (Å²) in [6.45, 7) is 11.4. The highest BCUT2D eigenvalue weighted by Crippen LogP contribution is 2.35. The number of aliphatic hydroxyl groups excluding tert-OH is 2. The van der Waals surface area contributed by atoms with Crippen molar-refractivity contribution in [3.05, 3.63) is 47.0 Å². The quantitative estimate of drug-likeness (QED) is 0.610. The van der Waals surface area contributed by atoms with Crippen LogP contribution in [0.4, 0.5) is 5.69 Å². The second-order valence-electron chi connectivity index (χ2n) is 6.10. The molecule has 0 aliphatic rings. The molecule has 0 saturated carbocycles. The molecular weight excluding hydrogens is 374 g/mol. The highest BCUT2D eigenvalue weighted by atomic mass is 16.5. The minimum atomic E-state index is -0.0995. The average molecular weight is 408 g/mol. The molecule has 4 N–H and O–H groups in total. The van der Waals surface area contributed by atoms with Gasteiger partial charge in [-0.3, -0.25) is 4.79 Å². The zero-order valence-electron chi connectivity index (χ0n) is 18.2. The van der Waals surface area contributed by atoms with Crippen LogP contribution >= 0.6 is 0 Å². The lowest BCUT2D eigenvalue weighted by Crippen LogP contribution is -2.06. The molecular formula is C22H33NO6. The molecule has 0 aromatic heterocycles. The van der Waals surface area contributed by atoms with E-state index in [1.54, 1.807) is 12.1 Å². The molecule has 0 radical (unpaired) electrons. The zero-order chi connectivity index (χ0) is 23.1. The number of aryl methyl sites for hydroxylation is 2. The van der Waals surface area contributed by atoms with Crippen LogP contribution in [-0.4, -0.2) is 42.2 Å². The molecule has 0 bridgehead atoms. The number of phenols is 1. The van der Waals surface area contributed by atoms with Crippen molar-refractivity contribution < 1.29 is 29.6 Å². The fourth-order valence-corrected chi connectivity index (χ4v) is 2.56. The average Bonchev–Trinajstić information content (AvgIpc) is 2.70. The van der Waals surface area contributed by atoms with Crippen molar-refractivity contribution in [2.45, 2.75) is 40.5 Å². The third-order valence-electron chi connectivity index (χ3n) is 3.62. The molecule has 0 atom stereocenters. The second kappa shape index (κ2) is 15.1. The molecule has 1 amide bonds. The van der Waals surface area contributed by atoms with Crippen LogP contribution in [0.1, 0.15) is 43.4 Å². The molecule has 2 aromatic carbocycles. The number of carbonyl (C=O) groups excluding carboxylic acids is 2. The van der Waals surface area contributed by atoms with E-state index in [2.05, 4.69) is 5.32 Å². The lowest BCUT2D eigenvalue weighted by molar-refractivity contribution is -0.114. The molecule has 0 heterocycles. The Morgan fingerprint density at radius 2 is 1.48 bits per heavy atom. The Bertz CT molecular complexity index is 736. The highest BCUT2D eigenvalue weighted by Gasteiger charge is 2.11. The van der Waals surface area contributed by atoms with Crippen molar-refractivity contribution in [1.82, 2.24) is 0 Å². The van der Waals surface area contributed by atoms with Crippen molar-refractivity contribution in [2.75, 3.05) is 19.5 Å². The van der Waals surface area contributed by atoms with Crippen molar-refractivity contribution >= 4 is 18.4 Å². The molecule has 7 heteroatoms. The Morgan fingerprint density at radius 3 is 1.90 bits per heavy atom. The Labute approximate surface area is 173 Å². The summed E-state index contributed by atoms with van der Waals surface area (Å²) in [4.78, 5) is 19.2. The number of phenolic OH excluding ortho intramolecular Hbond substituents is 1. The number of hydrogen-bond donors (Lipinski definition) is 4. The van der Waals surface area contributed by atoms with Gasteiger partial charge in [0.15, 0.2) is 0 Å². The molecule has 0 fully saturated rings. The number of ether oxygens (including phenoxy) is 1. The summed E-state index contributed by atoms with van der Waals surface area (Å²) in [6, 6.07) is 9.03. The minimum Gasteiger partial charge on any atom is -0.508 e. The standard InChI is InChI=1S/C19H23NO3.2CH4O.CH2O/c1-11(2)17-10-16(6-7-18(17)22)23-19-12(3)8-15(9-13(19)4)20-14(5)21;3*1-2/h6-11,22H,1-5H3,(H,20,21);2*2H,1H3;1H2. The highest BCUT2D eigenvalue weighted by molar-refractivity contribution is 5.89. The van der Waals surface area contributed by atoms with Gasteiger partial charge in [-0.05, 0) is 61.2 Å². The number of rotatable bonds is 4. The Kier molecular flexibility index (Phi) is 14.7. The number of anilines is 1. The molecule has 7 nitrogen and oxygen atoms in total. The van der Waals surface area contributed by atoms with Gasteiger partial charge < -0.3 is 30.2 Å². The number of benzene rings is 2. The fourth-order valence-electron chi connectivity index (χ4n) is 2.56. The number of hydrogen-bond acceptors (Lipinski definition) is 6. The third kappa shape index (κ3) is 9.23. The van der Waals surface area contributed by atoms with Crippen molar-refractivity contribution in [2.24, 2.45) is 0 Å². The van der Waals surface area contributed by atoms with Gasteiger partial charge in [0.2, 0.25) is 5.91 Å². The normalized spacial score (nSPS) is 9.03. The van der Waals surface area contributed by atoms with E-state index >= 15 is 0 Å². The van der Waals surface area contributed by atoms with Gasteiger partial charge in [0.1, 0.15) is 24.0 Å². The topological polar surface area (TPSA) is 116 Å². The largest absolute Gasteiger partial charge is 0.508 e. The van der Waals surface area contributed by atoms with Gasteiger partial charge in [-0.1, -0.05) is 13.8 Å². The van der Waals surface area contributed by atoms with Crippen LogP contribution in [0.2, 0.25) is 0 Å². The first-order valence-corrected chi connectivity index (χ1v) is 8.86. The predicted octanol–water partition coefficient (Wildman–Crippen LogP) is 3.92. The maximum absolute atomic E-state index is 11.2. The molecule has 0 aliphatic heterocycles. The summed E-state index contributed by atoms with van der Waals surface area (Å²) in [5.74, 6) is 1.84. The Balaban J connectivity index is 0. The van der Waals surface area contributed by atoms with Crippen molar-refractivity contribution in [1.29, 1.82) is 0 Å². The van der Waals surface area contributed by atoms with Crippen LogP contribution in [0, 0.1) is 13.8 Å². The van der Waals surface area contributed by atoms with Crippen LogP contribution in [0.15, 0.2) is 30.3 Å². The Morgan fingerprint density at radius 1 is 1.00 bits per heavy atom. The molecule has 162 valence electrons. The molecule has 0 unspecified atom stereocenters. The van der Waals surface area contributed by atoms with Gasteiger partial charge in [-0.25, -0.2) is 0 Å². The summed E-state index contributed by atoms with van der Waals surface area (Å²) in [5, 5.41) is 26.7. The maximum Gasteiger partial charge on any atom is 0.221 e. The second-order valence-corrected chi connectivity index (χ2v) is 6.10. The van der Waals surface area contributed by atoms with E-state index in [0.29, 0.717) is 5.75 Å². The van der Waals surface area contributed by atoms with E-state index in [4.69, 9.17) is 19.7 Å². The van der Waals surface area contributed by atoms with Gasteiger partial charge >= 0.3 is 0 Å². The van der Waals surface area contributed by atoms with E-state index in [1.165, 1.54) is 6.92 Å². The van der Waals surface area contributed by atoms with Gasteiger partial charge in [0.25, 0.3) is 0 Å². The first-order valence-electron chi connectivity index (χ1n) is 8.86. The summed E-state index contributed by atoms with van der Waals surface area (Å²) in [5.41, 5.74) is 3.49. The fraction of sp³-hybridized carbons (Fsp3) is 0.364. The Hall–Kier alpha value is -2.90. The van der Waals surface area contributed by atoms with E-state index in [1.807, 2.05) is 52.7 Å². The van der Waals surface area contributed by atoms with E-state index in [0.717, 1.165) is 42.3 Å². The van der Waals surface area contributed by atoms with Gasteiger partial charge in [0.05, 0.1) is 0 Å². The molecule has 0 saturated heterocycles.